The van der Waals surface area contributed by atoms with Gasteiger partial charge in [-0.2, -0.15) is 0 Å². The Balaban J connectivity index is 1.20. The van der Waals surface area contributed by atoms with Crippen molar-refractivity contribution in [2.24, 2.45) is 0 Å². The van der Waals surface area contributed by atoms with Crippen molar-refractivity contribution in [1.82, 2.24) is 0 Å². The third kappa shape index (κ3) is 4.81. The van der Waals surface area contributed by atoms with Crippen molar-refractivity contribution >= 4 is 57.0 Å². The maximum Gasteiger partial charge on any atom is 0.333 e. The van der Waals surface area contributed by atoms with Crippen LogP contribution in [0.5, 0.6) is 0 Å². The minimum Gasteiger partial charge on any atom is -0.376 e. The smallest absolute Gasteiger partial charge is 0.333 e. The summed E-state index contributed by atoms with van der Waals surface area (Å²) in [5, 5.41) is 2.57. The fourth-order valence-electron chi connectivity index (χ4n) is 12.9. The van der Waals surface area contributed by atoms with E-state index in [9.17, 15) is 0 Å². The van der Waals surface area contributed by atoms with Crippen molar-refractivity contribution in [2.75, 3.05) is 9.71 Å². The van der Waals surface area contributed by atoms with Crippen molar-refractivity contribution in [2.45, 2.75) is 89.9 Å². The first-order chi connectivity index (χ1) is 30.3. The Morgan fingerprint density at radius 1 is 0.429 bits per heavy atom. The number of anilines is 5. The van der Waals surface area contributed by atoms with Gasteiger partial charge in [0, 0.05) is 39.1 Å². The van der Waals surface area contributed by atoms with E-state index in [4.69, 9.17) is 0 Å². The van der Waals surface area contributed by atoms with Crippen LogP contribution < -0.4 is 20.6 Å². The minimum absolute atomic E-state index is 0.0488. The van der Waals surface area contributed by atoms with Crippen LogP contribution >= 0.6 is 0 Å². The maximum absolute atomic E-state index is 2.75. The zero-order valence-electron chi connectivity index (χ0n) is 37.8. The molecule has 5 aliphatic rings. The first kappa shape index (κ1) is 37.3. The quantitative estimate of drug-likeness (QED) is 0.160. The number of fused-ring (bicyclic) bond motifs is 12. The molecule has 0 aromatic heterocycles. The number of benzene rings is 8. The Morgan fingerprint density at radius 3 is 1.78 bits per heavy atom. The molecule has 0 fully saturated rings. The average Bonchev–Trinajstić information content (AvgIpc) is 3.52. The van der Waals surface area contributed by atoms with Crippen LogP contribution in [0.15, 0.2) is 152 Å². The highest BCUT2D eigenvalue weighted by Gasteiger charge is 2.53. The van der Waals surface area contributed by atoms with Crippen LogP contribution in [0.4, 0.5) is 28.4 Å². The predicted octanol–water partition coefficient (Wildman–Crippen LogP) is 14.5. The molecule has 0 atom stereocenters. The van der Waals surface area contributed by atoms with Gasteiger partial charge < -0.3 is 9.71 Å². The molecule has 0 bridgehead atoms. The molecular formula is C60H53BN2. The summed E-state index contributed by atoms with van der Waals surface area (Å²) in [7, 11) is 0. The van der Waals surface area contributed by atoms with Gasteiger partial charge in [0.15, 0.2) is 0 Å². The minimum atomic E-state index is -0.225. The van der Waals surface area contributed by atoms with Crippen LogP contribution in [0.2, 0.25) is 0 Å². The van der Waals surface area contributed by atoms with Crippen molar-refractivity contribution in [1.29, 1.82) is 0 Å². The molecule has 8 aromatic rings. The lowest BCUT2D eigenvalue weighted by molar-refractivity contribution is 0.332. The zero-order chi connectivity index (χ0) is 42.9. The molecule has 0 spiro atoms. The molecule has 0 radical (unpaired) electrons. The largest absolute Gasteiger partial charge is 0.376 e. The molecular weight excluding hydrogens is 759 g/mol. The molecule has 0 unspecified atom stereocenters. The van der Waals surface area contributed by atoms with Gasteiger partial charge in [0.25, 0.3) is 0 Å². The highest BCUT2D eigenvalue weighted by Crippen LogP contribution is 2.61. The monoisotopic (exact) mass is 812 g/mol. The van der Waals surface area contributed by atoms with Gasteiger partial charge in [-0.05, 0) is 149 Å². The number of hydrogen-bond donors (Lipinski definition) is 0. The fraction of sp³-hybridized carbons (Fsp3) is 0.233. The Kier molecular flexibility index (Phi) is 7.23. The number of rotatable bonds is 2. The summed E-state index contributed by atoms with van der Waals surface area (Å²) in [5.74, 6) is 0. The van der Waals surface area contributed by atoms with E-state index in [0.717, 1.165) is 0 Å². The summed E-state index contributed by atoms with van der Waals surface area (Å²) in [6.07, 6.45) is 2.34. The second-order valence-electron chi connectivity index (χ2n) is 21.6. The second kappa shape index (κ2) is 12.2. The normalized spacial score (nSPS) is 18.1. The molecule has 3 heterocycles. The van der Waals surface area contributed by atoms with E-state index in [-0.39, 0.29) is 28.5 Å². The van der Waals surface area contributed by atoms with Gasteiger partial charge in [0.05, 0.1) is 5.69 Å². The van der Waals surface area contributed by atoms with Crippen molar-refractivity contribution in [3.8, 4) is 33.4 Å². The molecule has 2 aliphatic carbocycles. The van der Waals surface area contributed by atoms with Crippen LogP contribution in [-0.2, 0) is 21.7 Å². The van der Waals surface area contributed by atoms with E-state index in [1.54, 1.807) is 0 Å². The van der Waals surface area contributed by atoms with Gasteiger partial charge in [0.1, 0.15) is 0 Å². The maximum atomic E-state index is 2.75. The molecule has 0 N–H and O–H groups in total. The van der Waals surface area contributed by atoms with Crippen LogP contribution in [0.25, 0.3) is 44.2 Å². The summed E-state index contributed by atoms with van der Waals surface area (Å²) in [6, 6.07) is 58.7. The lowest BCUT2D eigenvalue weighted by atomic mass is 9.42. The number of nitrogens with zero attached hydrogens (tertiary/aromatic N) is 2. The molecule has 0 saturated carbocycles. The summed E-state index contributed by atoms with van der Waals surface area (Å²) >= 11 is 0. The van der Waals surface area contributed by atoms with E-state index in [0.29, 0.717) is 0 Å². The Labute approximate surface area is 373 Å². The molecule has 306 valence electrons. The van der Waals surface area contributed by atoms with E-state index in [2.05, 4.69) is 217 Å². The Bertz CT molecular complexity index is 3300. The van der Waals surface area contributed by atoms with Gasteiger partial charge in [-0.3, -0.25) is 0 Å². The van der Waals surface area contributed by atoms with Crippen LogP contribution in [0.1, 0.15) is 102 Å². The van der Waals surface area contributed by atoms with E-state index < -0.39 is 0 Å². The molecule has 0 saturated heterocycles. The van der Waals surface area contributed by atoms with E-state index in [1.807, 2.05) is 0 Å². The highest BCUT2D eigenvalue weighted by molar-refractivity contribution is 6.94. The second-order valence-corrected chi connectivity index (χ2v) is 21.6. The third-order valence-electron chi connectivity index (χ3n) is 16.4. The summed E-state index contributed by atoms with van der Waals surface area (Å²) in [6.45, 7) is 19.7. The van der Waals surface area contributed by atoms with Crippen molar-refractivity contribution in [3.63, 3.8) is 0 Å². The summed E-state index contributed by atoms with van der Waals surface area (Å²) in [5.41, 5.74) is 25.6. The van der Waals surface area contributed by atoms with Gasteiger partial charge in [0.2, 0.25) is 0 Å². The standard InChI is InChI=1S/C60H53BN2/c1-57(2)29-30-58(3,4)46-34-50-42(33-45(46)57)54-53-41-21-14-15-22-43(41)59(5,6)48(53)35-52-55(54)61(63(50)40-27-25-37(26-28-40)36-17-10-9-11-18-36)49-24-16-23-44-56(49)62(52)51-32-39-20-13-12-19-38(39)31-47(51)60(44,7)8/h9-28,31-35H,29-30H2,1-8H3. The third-order valence-corrected chi connectivity index (χ3v) is 16.4. The molecule has 8 aromatic carbocycles. The SMILES string of the molecule is CC1(C)CCC(C)(C)c2cc3c(cc21)-c1c2c(cc4c1-c1ccccc1C4(C)C)N1c4cc5ccccc5cc4C(C)(C)c4cccc(c41)B2N3c1ccc(-c2ccccc2)cc1. The topological polar surface area (TPSA) is 6.48 Å². The van der Waals surface area contributed by atoms with Crippen molar-refractivity contribution < 1.29 is 0 Å². The lowest BCUT2D eigenvalue weighted by Crippen LogP contribution is -2.62. The van der Waals surface area contributed by atoms with Crippen LogP contribution in [0, 0.1) is 0 Å². The molecule has 0 amide bonds. The first-order valence-corrected chi connectivity index (χ1v) is 23.2. The van der Waals surface area contributed by atoms with Gasteiger partial charge in [-0.15, -0.1) is 0 Å². The van der Waals surface area contributed by atoms with Gasteiger partial charge in [-0.1, -0.05) is 165 Å². The summed E-state index contributed by atoms with van der Waals surface area (Å²) in [4.78, 5) is 5.46. The predicted molar refractivity (Wildman–Crippen MR) is 268 cm³/mol. The average molecular weight is 813 g/mol. The van der Waals surface area contributed by atoms with Crippen LogP contribution in [-0.4, -0.2) is 6.85 Å². The number of hydrogen-bond acceptors (Lipinski definition) is 2. The molecule has 13 rings (SSSR count). The lowest BCUT2D eigenvalue weighted by Gasteiger charge is -2.51. The Morgan fingerprint density at radius 2 is 1.03 bits per heavy atom. The van der Waals surface area contributed by atoms with Gasteiger partial charge in [-0.25, -0.2) is 0 Å². The summed E-state index contributed by atoms with van der Waals surface area (Å²) < 4.78 is 0. The Hall–Kier alpha value is -6.32. The number of para-hydroxylation sites is 1. The molecule has 2 nitrogen and oxygen atoms in total. The fourth-order valence-corrected chi connectivity index (χ4v) is 12.9. The van der Waals surface area contributed by atoms with E-state index >= 15 is 0 Å². The van der Waals surface area contributed by atoms with Crippen molar-refractivity contribution in [3.05, 3.63) is 185 Å². The van der Waals surface area contributed by atoms with Gasteiger partial charge >= 0.3 is 6.85 Å². The van der Waals surface area contributed by atoms with Crippen LogP contribution in [0.3, 0.4) is 0 Å². The molecule has 63 heavy (non-hydrogen) atoms. The van der Waals surface area contributed by atoms with E-state index in [1.165, 1.54) is 130 Å². The molecule has 3 heteroatoms. The highest BCUT2D eigenvalue weighted by atomic mass is 15.2. The first-order valence-electron chi connectivity index (χ1n) is 23.2. The molecule has 3 aliphatic heterocycles. The zero-order valence-corrected chi connectivity index (χ0v) is 37.8.